The summed E-state index contributed by atoms with van der Waals surface area (Å²) in [5.74, 6) is -0.354. The van der Waals surface area contributed by atoms with E-state index in [0.29, 0.717) is 30.9 Å². The molecule has 3 heterocycles. The van der Waals surface area contributed by atoms with E-state index in [1.165, 1.54) is 16.0 Å². The molecule has 0 saturated heterocycles. The Morgan fingerprint density at radius 2 is 2.00 bits per heavy atom. The first kappa shape index (κ1) is 16.5. The monoisotopic (exact) mass is 348 g/mol. The number of hydrogen-bond acceptors (Lipinski definition) is 4. The number of amides is 1. The first-order valence-corrected chi connectivity index (χ1v) is 8.61. The number of nitrogens with two attached hydrogens (primary N) is 1. The first-order valence-electron chi connectivity index (χ1n) is 8.61. The molecule has 0 radical (unpaired) electrons. The molecule has 1 atom stereocenters. The van der Waals surface area contributed by atoms with Crippen LogP contribution in [0, 0.1) is 6.92 Å². The highest BCUT2D eigenvalue weighted by Gasteiger charge is 2.30. The molecular weight excluding hydrogens is 328 g/mol. The number of carbonyl (C=O) groups excluding carboxylic acids is 1. The Labute approximate surface area is 150 Å². The van der Waals surface area contributed by atoms with Gasteiger partial charge in [-0.15, -0.1) is 0 Å². The van der Waals surface area contributed by atoms with Gasteiger partial charge in [0, 0.05) is 25.4 Å². The maximum atomic E-state index is 12.4. The second kappa shape index (κ2) is 6.38. The van der Waals surface area contributed by atoms with Crippen LogP contribution in [0.5, 0.6) is 0 Å². The molecular formula is C20H20N4O2. The van der Waals surface area contributed by atoms with E-state index in [1.54, 1.807) is 6.20 Å². The molecule has 1 aliphatic rings. The van der Waals surface area contributed by atoms with Gasteiger partial charge in [0.2, 0.25) is 5.91 Å². The Morgan fingerprint density at radius 3 is 2.77 bits per heavy atom. The molecule has 1 amide bonds. The molecule has 4 rings (SSSR count). The van der Waals surface area contributed by atoms with Crippen molar-refractivity contribution in [2.75, 3.05) is 0 Å². The number of primary amides is 1. The summed E-state index contributed by atoms with van der Waals surface area (Å²) in [6.07, 6.45) is 2.29. The highest BCUT2D eigenvalue weighted by atomic mass is 16.1. The third-order valence-electron chi connectivity index (χ3n) is 4.98. The molecule has 6 nitrogen and oxygen atoms in total. The Kier molecular flexibility index (Phi) is 4.05. The predicted molar refractivity (Wildman–Crippen MR) is 98.6 cm³/mol. The van der Waals surface area contributed by atoms with Crippen molar-refractivity contribution in [1.82, 2.24) is 14.3 Å². The minimum absolute atomic E-state index is 0.123. The van der Waals surface area contributed by atoms with Gasteiger partial charge in [0.15, 0.2) is 0 Å². The summed E-state index contributed by atoms with van der Waals surface area (Å²) in [6.45, 7) is 2.94. The summed E-state index contributed by atoms with van der Waals surface area (Å²) in [5.41, 5.74) is 10.1. The fourth-order valence-corrected chi connectivity index (χ4v) is 3.62. The molecule has 2 N–H and O–H groups in total. The average molecular weight is 348 g/mol. The van der Waals surface area contributed by atoms with Gasteiger partial charge in [-0.1, -0.05) is 30.3 Å². The standard InChI is InChI=1S/C20H20N4O2/c1-13-5-4-8-24-18(25)10-16(22-20(13)24)12-23-11-15-7-3-2-6-14(15)9-17(23)19(21)26/h2-8,10,17H,9,11-12H2,1H3,(H2,21,26)/t17-/m0/s1. The van der Waals surface area contributed by atoms with Crippen LogP contribution >= 0.6 is 0 Å². The lowest BCUT2D eigenvalue weighted by Gasteiger charge is -2.34. The number of aromatic nitrogens is 2. The van der Waals surface area contributed by atoms with E-state index in [9.17, 15) is 9.59 Å². The molecule has 132 valence electrons. The van der Waals surface area contributed by atoms with E-state index in [4.69, 9.17) is 5.73 Å². The normalized spacial score (nSPS) is 17.2. The molecule has 26 heavy (non-hydrogen) atoms. The molecule has 0 fully saturated rings. The zero-order chi connectivity index (χ0) is 18.3. The average Bonchev–Trinajstić information content (AvgIpc) is 2.62. The summed E-state index contributed by atoms with van der Waals surface area (Å²) < 4.78 is 1.54. The topological polar surface area (TPSA) is 80.7 Å². The van der Waals surface area contributed by atoms with Gasteiger partial charge >= 0.3 is 0 Å². The van der Waals surface area contributed by atoms with E-state index in [1.807, 2.05) is 42.2 Å². The highest BCUT2D eigenvalue weighted by Crippen LogP contribution is 2.24. The van der Waals surface area contributed by atoms with E-state index < -0.39 is 6.04 Å². The number of hydrogen-bond donors (Lipinski definition) is 1. The van der Waals surface area contributed by atoms with E-state index in [-0.39, 0.29) is 11.5 Å². The molecule has 1 aliphatic heterocycles. The van der Waals surface area contributed by atoms with Crippen molar-refractivity contribution < 1.29 is 4.79 Å². The summed E-state index contributed by atoms with van der Waals surface area (Å²) in [5, 5.41) is 0. The number of pyridine rings is 1. The van der Waals surface area contributed by atoms with Crippen LogP contribution in [0.15, 0.2) is 53.5 Å². The molecule has 0 saturated carbocycles. The molecule has 2 aromatic heterocycles. The van der Waals surface area contributed by atoms with Crippen molar-refractivity contribution in [1.29, 1.82) is 0 Å². The predicted octanol–water partition coefficient (Wildman–Crippen LogP) is 1.42. The maximum Gasteiger partial charge on any atom is 0.258 e. The molecule has 6 heteroatoms. The van der Waals surface area contributed by atoms with Crippen molar-refractivity contribution in [3.8, 4) is 0 Å². The van der Waals surface area contributed by atoms with Crippen molar-refractivity contribution >= 4 is 11.6 Å². The second-order valence-electron chi connectivity index (χ2n) is 6.77. The fourth-order valence-electron chi connectivity index (χ4n) is 3.62. The van der Waals surface area contributed by atoms with Gasteiger partial charge in [0.25, 0.3) is 5.56 Å². The Hall–Kier alpha value is -2.99. The van der Waals surface area contributed by atoms with E-state index in [2.05, 4.69) is 11.1 Å². The number of fused-ring (bicyclic) bond motifs is 2. The summed E-state index contributed by atoms with van der Waals surface area (Å²) in [4.78, 5) is 31.1. The Bertz CT molecular complexity index is 1060. The number of aryl methyl sites for hydroxylation is 1. The van der Waals surface area contributed by atoms with E-state index in [0.717, 1.165) is 11.1 Å². The SMILES string of the molecule is Cc1cccn2c(=O)cc(CN3Cc4ccccc4C[C@H]3C(N)=O)nc12. The summed E-state index contributed by atoms with van der Waals surface area (Å²) in [7, 11) is 0. The van der Waals surface area contributed by atoms with Crippen LogP contribution in [-0.4, -0.2) is 26.2 Å². The third-order valence-corrected chi connectivity index (χ3v) is 4.98. The lowest BCUT2D eigenvalue weighted by molar-refractivity contribution is -0.124. The minimum Gasteiger partial charge on any atom is -0.368 e. The molecule has 0 aliphatic carbocycles. The van der Waals surface area contributed by atoms with Gasteiger partial charge in [0.1, 0.15) is 5.65 Å². The lowest BCUT2D eigenvalue weighted by atomic mass is 9.93. The van der Waals surface area contributed by atoms with Crippen LogP contribution in [0.3, 0.4) is 0 Å². The molecule has 0 unspecified atom stereocenters. The number of nitrogens with zero attached hydrogens (tertiary/aromatic N) is 3. The highest BCUT2D eigenvalue weighted by molar-refractivity contribution is 5.80. The van der Waals surface area contributed by atoms with Gasteiger partial charge in [0.05, 0.1) is 11.7 Å². The van der Waals surface area contributed by atoms with Crippen LogP contribution < -0.4 is 11.3 Å². The van der Waals surface area contributed by atoms with Crippen molar-refractivity contribution in [2.45, 2.75) is 32.5 Å². The third kappa shape index (κ3) is 2.88. The van der Waals surface area contributed by atoms with Crippen molar-refractivity contribution in [2.24, 2.45) is 5.73 Å². The maximum absolute atomic E-state index is 12.4. The number of benzene rings is 1. The quantitative estimate of drug-likeness (QED) is 0.776. The van der Waals surface area contributed by atoms with Gasteiger partial charge in [-0.3, -0.25) is 18.9 Å². The Balaban J connectivity index is 1.72. The lowest BCUT2D eigenvalue weighted by Crippen LogP contribution is -2.48. The van der Waals surface area contributed by atoms with Crippen molar-refractivity contribution in [3.63, 3.8) is 0 Å². The Morgan fingerprint density at radius 1 is 1.23 bits per heavy atom. The molecule has 0 bridgehead atoms. The van der Waals surface area contributed by atoms with Crippen LogP contribution in [0.2, 0.25) is 0 Å². The summed E-state index contributed by atoms with van der Waals surface area (Å²) in [6, 6.07) is 12.9. The van der Waals surface area contributed by atoms with Gasteiger partial charge in [-0.05, 0) is 36.1 Å². The van der Waals surface area contributed by atoms with Gasteiger partial charge < -0.3 is 5.73 Å². The summed E-state index contributed by atoms with van der Waals surface area (Å²) >= 11 is 0. The van der Waals surface area contributed by atoms with Crippen LogP contribution in [0.25, 0.3) is 5.65 Å². The van der Waals surface area contributed by atoms with E-state index >= 15 is 0 Å². The molecule has 0 spiro atoms. The first-order chi connectivity index (χ1) is 12.5. The fraction of sp³-hybridized carbons (Fsp3) is 0.250. The number of carbonyl (C=O) groups is 1. The zero-order valence-corrected chi connectivity index (χ0v) is 14.6. The van der Waals surface area contributed by atoms with Gasteiger partial charge in [-0.25, -0.2) is 4.98 Å². The van der Waals surface area contributed by atoms with Gasteiger partial charge in [-0.2, -0.15) is 0 Å². The second-order valence-corrected chi connectivity index (χ2v) is 6.77. The number of rotatable bonds is 3. The van der Waals surface area contributed by atoms with Crippen LogP contribution in [0.4, 0.5) is 0 Å². The largest absolute Gasteiger partial charge is 0.368 e. The minimum atomic E-state index is -0.401. The zero-order valence-electron chi connectivity index (χ0n) is 14.6. The van der Waals surface area contributed by atoms with Crippen LogP contribution in [-0.2, 0) is 24.3 Å². The van der Waals surface area contributed by atoms with Crippen molar-refractivity contribution in [3.05, 3.63) is 81.4 Å². The van der Waals surface area contributed by atoms with Crippen LogP contribution in [0.1, 0.15) is 22.4 Å². The molecule has 1 aromatic carbocycles. The smallest absolute Gasteiger partial charge is 0.258 e. The molecule has 3 aromatic rings.